The molecule has 1 N–H and O–H groups in total. The van der Waals surface area contributed by atoms with Crippen molar-refractivity contribution in [2.45, 2.75) is 0 Å². The molecule has 0 radical (unpaired) electrons. The largest absolute Gasteiger partial charge is 0.331 e. The SMILES string of the molecule is O=c1[nH]c2cnccc2n1-c1ccc2ncccc2c1. The van der Waals surface area contributed by atoms with Crippen LogP contribution in [0.15, 0.2) is 59.8 Å². The molecule has 3 heterocycles. The zero-order valence-electron chi connectivity index (χ0n) is 10.4. The van der Waals surface area contributed by atoms with Crippen molar-refractivity contribution in [2.75, 3.05) is 0 Å². The number of H-pyrrole nitrogens is 1. The lowest BCUT2D eigenvalue weighted by atomic mass is 10.2. The summed E-state index contributed by atoms with van der Waals surface area (Å²) in [5.41, 5.74) is 3.09. The minimum absolute atomic E-state index is 0.170. The van der Waals surface area contributed by atoms with Gasteiger partial charge in [0.15, 0.2) is 0 Å². The van der Waals surface area contributed by atoms with Crippen LogP contribution in [0, 0.1) is 0 Å². The molecule has 0 aliphatic heterocycles. The van der Waals surface area contributed by atoms with Gasteiger partial charge in [0.25, 0.3) is 0 Å². The molecule has 0 aliphatic rings. The predicted molar refractivity (Wildman–Crippen MR) is 77.0 cm³/mol. The lowest BCUT2D eigenvalue weighted by Crippen LogP contribution is -2.14. The highest BCUT2D eigenvalue weighted by molar-refractivity contribution is 5.82. The van der Waals surface area contributed by atoms with Crippen molar-refractivity contribution in [3.8, 4) is 5.69 Å². The van der Waals surface area contributed by atoms with Crippen LogP contribution in [-0.2, 0) is 0 Å². The number of nitrogens with zero attached hydrogens (tertiary/aromatic N) is 3. The number of imidazole rings is 1. The van der Waals surface area contributed by atoms with Gasteiger partial charge in [0, 0.05) is 17.8 Å². The third-order valence-electron chi connectivity index (χ3n) is 3.33. The second-order valence-corrected chi connectivity index (χ2v) is 4.54. The molecule has 0 amide bonds. The van der Waals surface area contributed by atoms with E-state index in [0.29, 0.717) is 0 Å². The van der Waals surface area contributed by atoms with E-state index in [1.54, 1.807) is 23.2 Å². The summed E-state index contributed by atoms with van der Waals surface area (Å²) in [4.78, 5) is 23.2. The van der Waals surface area contributed by atoms with Gasteiger partial charge < -0.3 is 4.98 Å². The maximum atomic E-state index is 12.1. The van der Waals surface area contributed by atoms with Crippen molar-refractivity contribution in [1.82, 2.24) is 19.5 Å². The maximum absolute atomic E-state index is 12.1. The molecule has 3 aromatic heterocycles. The fourth-order valence-corrected chi connectivity index (χ4v) is 2.42. The number of rotatable bonds is 1. The summed E-state index contributed by atoms with van der Waals surface area (Å²) in [5, 5.41) is 1.00. The highest BCUT2D eigenvalue weighted by Crippen LogP contribution is 2.18. The van der Waals surface area contributed by atoms with Gasteiger partial charge >= 0.3 is 5.69 Å². The number of fused-ring (bicyclic) bond motifs is 2. The molecule has 0 saturated heterocycles. The number of benzene rings is 1. The van der Waals surface area contributed by atoms with Crippen LogP contribution in [0.4, 0.5) is 0 Å². The van der Waals surface area contributed by atoms with E-state index in [1.165, 1.54) is 0 Å². The van der Waals surface area contributed by atoms with Crippen molar-refractivity contribution in [1.29, 1.82) is 0 Å². The highest BCUT2D eigenvalue weighted by Gasteiger charge is 2.08. The minimum atomic E-state index is -0.170. The van der Waals surface area contributed by atoms with Crippen LogP contribution in [0.2, 0.25) is 0 Å². The van der Waals surface area contributed by atoms with Gasteiger partial charge in [-0.3, -0.25) is 14.5 Å². The molecular formula is C15H10N4O. The molecule has 4 rings (SSSR count). The average molecular weight is 262 g/mol. The van der Waals surface area contributed by atoms with Crippen molar-refractivity contribution in [2.24, 2.45) is 0 Å². The van der Waals surface area contributed by atoms with Crippen molar-refractivity contribution in [3.05, 3.63) is 65.5 Å². The van der Waals surface area contributed by atoms with E-state index < -0.39 is 0 Å². The van der Waals surface area contributed by atoms with Gasteiger partial charge in [0.1, 0.15) is 0 Å². The van der Waals surface area contributed by atoms with Crippen LogP contribution in [0.25, 0.3) is 27.6 Å². The van der Waals surface area contributed by atoms with E-state index in [0.717, 1.165) is 27.6 Å². The molecule has 0 saturated carbocycles. The molecule has 96 valence electrons. The van der Waals surface area contributed by atoms with Crippen LogP contribution >= 0.6 is 0 Å². The van der Waals surface area contributed by atoms with E-state index in [4.69, 9.17) is 0 Å². The topological polar surface area (TPSA) is 63.6 Å². The van der Waals surface area contributed by atoms with Crippen molar-refractivity contribution >= 4 is 21.9 Å². The zero-order valence-corrected chi connectivity index (χ0v) is 10.4. The van der Waals surface area contributed by atoms with Crippen LogP contribution in [0.3, 0.4) is 0 Å². The maximum Gasteiger partial charge on any atom is 0.331 e. The summed E-state index contributed by atoms with van der Waals surface area (Å²) in [6.45, 7) is 0. The second-order valence-electron chi connectivity index (χ2n) is 4.54. The Bertz CT molecular complexity index is 984. The Labute approximate surface area is 113 Å². The molecule has 4 aromatic rings. The molecule has 0 aliphatic carbocycles. The summed E-state index contributed by atoms with van der Waals surface area (Å²) in [7, 11) is 0. The first-order valence-electron chi connectivity index (χ1n) is 6.23. The average Bonchev–Trinajstić information content (AvgIpc) is 2.82. The van der Waals surface area contributed by atoms with Gasteiger partial charge in [-0.2, -0.15) is 0 Å². The van der Waals surface area contributed by atoms with E-state index >= 15 is 0 Å². The predicted octanol–water partition coefficient (Wildman–Crippen LogP) is 2.26. The van der Waals surface area contributed by atoms with Gasteiger partial charge in [-0.05, 0) is 30.3 Å². The lowest BCUT2D eigenvalue weighted by molar-refractivity contribution is 1.02. The smallest absolute Gasteiger partial charge is 0.304 e. The molecule has 0 bridgehead atoms. The van der Waals surface area contributed by atoms with Gasteiger partial charge in [-0.15, -0.1) is 0 Å². The Morgan fingerprint density at radius 3 is 3.00 bits per heavy atom. The number of pyridine rings is 2. The number of hydrogen-bond donors (Lipinski definition) is 1. The number of hydrogen-bond acceptors (Lipinski definition) is 3. The van der Waals surface area contributed by atoms with Gasteiger partial charge in [0.2, 0.25) is 0 Å². The van der Waals surface area contributed by atoms with Crippen molar-refractivity contribution < 1.29 is 0 Å². The van der Waals surface area contributed by atoms with E-state index in [2.05, 4.69) is 15.0 Å². The number of nitrogens with one attached hydrogen (secondary N) is 1. The highest BCUT2D eigenvalue weighted by atomic mass is 16.1. The molecule has 5 nitrogen and oxygen atoms in total. The molecule has 20 heavy (non-hydrogen) atoms. The van der Waals surface area contributed by atoms with Gasteiger partial charge in [-0.25, -0.2) is 4.79 Å². The summed E-state index contributed by atoms with van der Waals surface area (Å²) in [5.74, 6) is 0. The Morgan fingerprint density at radius 1 is 1.10 bits per heavy atom. The first kappa shape index (κ1) is 10.9. The number of aromatic nitrogens is 4. The summed E-state index contributed by atoms with van der Waals surface area (Å²) < 4.78 is 1.64. The third kappa shape index (κ3) is 1.53. The normalized spacial score (nSPS) is 11.2. The Hall–Kier alpha value is -2.95. The Kier molecular flexibility index (Phi) is 2.20. The molecule has 0 fully saturated rings. The Morgan fingerprint density at radius 2 is 2.05 bits per heavy atom. The fraction of sp³-hybridized carbons (Fsp3) is 0. The zero-order chi connectivity index (χ0) is 13.5. The molecule has 0 unspecified atom stereocenters. The Balaban J connectivity index is 2.06. The molecule has 0 spiro atoms. The van der Waals surface area contributed by atoms with Crippen LogP contribution < -0.4 is 5.69 Å². The van der Waals surface area contributed by atoms with Gasteiger partial charge in [0.05, 0.1) is 28.4 Å². The standard InChI is InChI=1S/C15H10N4O/c20-15-18-13-9-16-7-5-14(13)19(15)11-3-4-12-10(8-11)2-1-6-17-12/h1-9H,(H,18,20). The number of aromatic amines is 1. The van der Waals surface area contributed by atoms with E-state index in [-0.39, 0.29) is 5.69 Å². The summed E-state index contributed by atoms with van der Waals surface area (Å²) in [6, 6.07) is 11.4. The van der Waals surface area contributed by atoms with E-state index in [1.807, 2.05) is 36.4 Å². The lowest BCUT2D eigenvalue weighted by Gasteiger charge is -2.04. The second kappa shape index (κ2) is 4.03. The monoisotopic (exact) mass is 262 g/mol. The molecular weight excluding hydrogens is 252 g/mol. The quantitative estimate of drug-likeness (QED) is 0.572. The first-order valence-corrected chi connectivity index (χ1v) is 6.23. The van der Waals surface area contributed by atoms with Gasteiger partial charge in [-0.1, -0.05) is 6.07 Å². The van der Waals surface area contributed by atoms with Crippen LogP contribution in [-0.4, -0.2) is 19.5 Å². The minimum Gasteiger partial charge on any atom is -0.304 e. The molecule has 1 aromatic carbocycles. The molecule has 0 atom stereocenters. The summed E-state index contributed by atoms with van der Waals surface area (Å²) >= 11 is 0. The van der Waals surface area contributed by atoms with E-state index in [9.17, 15) is 4.79 Å². The van der Waals surface area contributed by atoms with Crippen LogP contribution in [0.1, 0.15) is 0 Å². The first-order chi connectivity index (χ1) is 9.83. The third-order valence-corrected chi connectivity index (χ3v) is 3.33. The fourth-order valence-electron chi connectivity index (χ4n) is 2.42. The summed E-state index contributed by atoms with van der Waals surface area (Å²) in [6.07, 6.45) is 5.08. The van der Waals surface area contributed by atoms with Crippen LogP contribution in [0.5, 0.6) is 0 Å². The van der Waals surface area contributed by atoms with Crippen molar-refractivity contribution in [3.63, 3.8) is 0 Å². The molecule has 5 heteroatoms.